The fourth-order valence-corrected chi connectivity index (χ4v) is 1.55. The van der Waals surface area contributed by atoms with Gasteiger partial charge in [0.2, 0.25) is 0 Å². The first-order valence-electron chi connectivity index (χ1n) is 5.84. The van der Waals surface area contributed by atoms with Gasteiger partial charge in [-0.15, -0.1) is 0 Å². The molecule has 0 atom stereocenters. The number of pyridine rings is 1. The average molecular weight is 290 g/mol. The number of carbonyl (C=O) groups is 1. The zero-order chi connectivity index (χ0) is 14.2. The number of benzene rings is 1. The minimum atomic E-state index is -0.352. The molecule has 5 nitrogen and oxygen atoms in total. The fourth-order valence-electron chi connectivity index (χ4n) is 1.37. The second kappa shape index (κ2) is 7.25. The van der Waals surface area contributed by atoms with Crippen LogP contribution < -0.4 is 10.2 Å². The van der Waals surface area contributed by atoms with Gasteiger partial charge >= 0.3 is 0 Å². The summed E-state index contributed by atoms with van der Waals surface area (Å²) in [4.78, 5) is 15.4. The Morgan fingerprint density at radius 1 is 1.35 bits per heavy atom. The number of hydrogen-bond donors (Lipinski definition) is 1. The molecule has 2 rings (SSSR count). The Bertz CT molecular complexity index is 602. The molecule has 0 spiro atoms. The van der Waals surface area contributed by atoms with Crippen molar-refractivity contribution in [3.05, 3.63) is 59.4 Å². The van der Waals surface area contributed by atoms with Gasteiger partial charge in [-0.25, -0.2) is 5.43 Å². The maximum Gasteiger partial charge on any atom is 0.277 e. The smallest absolute Gasteiger partial charge is 0.277 e. The molecule has 0 fully saturated rings. The van der Waals surface area contributed by atoms with Gasteiger partial charge < -0.3 is 4.74 Å². The molecule has 1 heterocycles. The summed E-state index contributed by atoms with van der Waals surface area (Å²) in [6, 6.07) is 10.4. The van der Waals surface area contributed by atoms with Crippen molar-refractivity contribution in [2.45, 2.75) is 0 Å². The van der Waals surface area contributed by atoms with Crippen molar-refractivity contribution >= 4 is 23.7 Å². The van der Waals surface area contributed by atoms with Crippen LogP contribution in [0.2, 0.25) is 5.02 Å². The number of halogens is 1. The highest BCUT2D eigenvalue weighted by molar-refractivity contribution is 6.30. The van der Waals surface area contributed by atoms with Crippen LogP contribution >= 0.6 is 11.6 Å². The van der Waals surface area contributed by atoms with Gasteiger partial charge in [0.15, 0.2) is 6.61 Å². The van der Waals surface area contributed by atoms with Gasteiger partial charge in [0.25, 0.3) is 5.91 Å². The molecule has 6 heteroatoms. The zero-order valence-electron chi connectivity index (χ0n) is 10.5. The van der Waals surface area contributed by atoms with E-state index in [1.807, 2.05) is 0 Å². The van der Waals surface area contributed by atoms with E-state index in [1.165, 1.54) is 6.21 Å². The Labute approximate surface area is 121 Å². The lowest BCUT2D eigenvalue weighted by atomic mass is 10.3. The van der Waals surface area contributed by atoms with Crippen molar-refractivity contribution in [2.75, 3.05) is 6.61 Å². The topological polar surface area (TPSA) is 63.6 Å². The molecule has 1 N–H and O–H groups in total. The number of ether oxygens (including phenoxy) is 1. The molecule has 2 aromatic rings. The Hall–Kier alpha value is -2.40. The molecule has 0 bridgehead atoms. The van der Waals surface area contributed by atoms with E-state index in [1.54, 1.807) is 48.8 Å². The van der Waals surface area contributed by atoms with E-state index >= 15 is 0 Å². The van der Waals surface area contributed by atoms with Gasteiger partial charge in [0.05, 0.1) is 6.21 Å². The number of nitrogens with zero attached hydrogens (tertiary/aromatic N) is 2. The number of carbonyl (C=O) groups excluding carboxylic acids is 1. The summed E-state index contributed by atoms with van der Waals surface area (Å²) in [5.74, 6) is 0.182. The highest BCUT2D eigenvalue weighted by Crippen LogP contribution is 2.16. The molecule has 20 heavy (non-hydrogen) atoms. The van der Waals surface area contributed by atoms with Crippen molar-refractivity contribution in [3.63, 3.8) is 0 Å². The summed E-state index contributed by atoms with van der Waals surface area (Å²) in [6.07, 6.45) is 4.82. The number of rotatable bonds is 5. The minimum absolute atomic E-state index is 0.131. The predicted molar refractivity (Wildman–Crippen MR) is 76.9 cm³/mol. The average Bonchev–Trinajstić information content (AvgIpc) is 2.46. The monoisotopic (exact) mass is 289 g/mol. The van der Waals surface area contributed by atoms with Crippen LogP contribution in [0.25, 0.3) is 0 Å². The molecule has 1 aromatic heterocycles. The van der Waals surface area contributed by atoms with E-state index in [4.69, 9.17) is 16.3 Å². The fraction of sp³-hybridized carbons (Fsp3) is 0.0714. The van der Waals surface area contributed by atoms with Crippen molar-refractivity contribution in [1.29, 1.82) is 0 Å². The van der Waals surface area contributed by atoms with Crippen molar-refractivity contribution < 1.29 is 9.53 Å². The predicted octanol–water partition coefficient (Wildman–Crippen LogP) is 2.26. The highest BCUT2D eigenvalue weighted by atomic mass is 35.5. The quantitative estimate of drug-likeness (QED) is 0.678. The lowest BCUT2D eigenvalue weighted by Crippen LogP contribution is -2.24. The van der Waals surface area contributed by atoms with Gasteiger partial charge in [-0.1, -0.05) is 17.7 Å². The Kier molecular flexibility index (Phi) is 5.08. The molecular weight excluding hydrogens is 278 g/mol. The van der Waals surface area contributed by atoms with Gasteiger partial charge in [0.1, 0.15) is 5.75 Å². The molecule has 0 aliphatic carbocycles. The highest BCUT2D eigenvalue weighted by Gasteiger charge is 2.01. The van der Waals surface area contributed by atoms with Crippen LogP contribution in [0.1, 0.15) is 5.56 Å². The van der Waals surface area contributed by atoms with Crippen molar-refractivity contribution in [3.8, 4) is 5.75 Å². The largest absolute Gasteiger partial charge is 0.484 e. The normalized spacial score (nSPS) is 10.4. The summed E-state index contributed by atoms with van der Waals surface area (Å²) in [5.41, 5.74) is 3.21. The second-order valence-corrected chi connectivity index (χ2v) is 4.26. The van der Waals surface area contributed by atoms with Gasteiger partial charge in [0, 0.05) is 17.4 Å². The third kappa shape index (κ3) is 4.70. The second-order valence-electron chi connectivity index (χ2n) is 3.82. The standard InChI is InChI=1S/C14H12ClN3O2/c15-12-2-1-3-13(8-12)20-10-14(19)18-17-9-11-4-6-16-7-5-11/h1-9H,10H2,(H,18,19)/b17-9-. The first-order valence-corrected chi connectivity index (χ1v) is 6.22. The Balaban J connectivity index is 1.77. The molecule has 0 saturated heterocycles. The van der Waals surface area contributed by atoms with Crippen LogP contribution in [-0.2, 0) is 4.79 Å². The van der Waals surface area contributed by atoms with Crippen LogP contribution in [0.4, 0.5) is 0 Å². The molecule has 0 unspecified atom stereocenters. The van der Waals surface area contributed by atoms with E-state index in [2.05, 4.69) is 15.5 Å². The molecule has 0 radical (unpaired) electrons. The summed E-state index contributed by atoms with van der Waals surface area (Å²) < 4.78 is 5.27. The van der Waals surface area contributed by atoms with Crippen LogP contribution in [0.5, 0.6) is 5.75 Å². The number of amides is 1. The molecule has 102 valence electrons. The minimum Gasteiger partial charge on any atom is -0.484 e. The van der Waals surface area contributed by atoms with E-state index in [-0.39, 0.29) is 12.5 Å². The summed E-state index contributed by atoms with van der Waals surface area (Å²) in [5, 5.41) is 4.37. The summed E-state index contributed by atoms with van der Waals surface area (Å²) in [7, 11) is 0. The third-order valence-electron chi connectivity index (χ3n) is 2.27. The van der Waals surface area contributed by atoms with E-state index in [0.717, 1.165) is 5.56 Å². The maximum absolute atomic E-state index is 11.5. The number of nitrogens with one attached hydrogen (secondary N) is 1. The number of hydrogen-bond acceptors (Lipinski definition) is 4. The molecule has 1 amide bonds. The molecule has 0 saturated carbocycles. The molecule has 0 aliphatic rings. The molecular formula is C14H12ClN3O2. The number of hydrazone groups is 1. The summed E-state index contributed by atoms with van der Waals surface area (Å²) >= 11 is 5.80. The first-order chi connectivity index (χ1) is 9.74. The number of aromatic nitrogens is 1. The van der Waals surface area contributed by atoms with Crippen LogP contribution in [0, 0.1) is 0 Å². The SMILES string of the molecule is O=C(COc1cccc(Cl)c1)N/N=C\c1ccncc1. The van der Waals surface area contributed by atoms with Crippen molar-refractivity contribution in [1.82, 2.24) is 10.4 Å². The van der Waals surface area contributed by atoms with E-state index < -0.39 is 0 Å². The van der Waals surface area contributed by atoms with Crippen LogP contribution in [0.3, 0.4) is 0 Å². The lowest BCUT2D eigenvalue weighted by molar-refractivity contribution is -0.123. The van der Waals surface area contributed by atoms with Gasteiger partial charge in [-0.2, -0.15) is 5.10 Å². The van der Waals surface area contributed by atoms with Crippen molar-refractivity contribution in [2.24, 2.45) is 5.10 Å². The van der Waals surface area contributed by atoms with E-state index in [0.29, 0.717) is 10.8 Å². The lowest BCUT2D eigenvalue weighted by Gasteiger charge is -2.04. The van der Waals surface area contributed by atoms with Crippen LogP contribution in [0.15, 0.2) is 53.9 Å². The van der Waals surface area contributed by atoms with Gasteiger partial charge in [-0.05, 0) is 35.9 Å². The van der Waals surface area contributed by atoms with Crippen LogP contribution in [-0.4, -0.2) is 23.7 Å². The zero-order valence-corrected chi connectivity index (χ0v) is 11.2. The Morgan fingerprint density at radius 2 is 2.15 bits per heavy atom. The summed E-state index contributed by atoms with van der Waals surface area (Å²) in [6.45, 7) is -0.131. The molecule has 0 aliphatic heterocycles. The first kappa shape index (κ1) is 14.0. The third-order valence-corrected chi connectivity index (χ3v) is 2.51. The molecule has 1 aromatic carbocycles. The van der Waals surface area contributed by atoms with Gasteiger partial charge in [-0.3, -0.25) is 9.78 Å². The maximum atomic E-state index is 11.5. The Morgan fingerprint density at radius 3 is 2.90 bits per heavy atom. The van der Waals surface area contributed by atoms with E-state index in [9.17, 15) is 4.79 Å².